The molecule has 0 amide bonds. The van der Waals surface area contributed by atoms with Gasteiger partial charge in [0.05, 0.1) is 11.7 Å². The van der Waals surface area contributed by atoms with E-state index in [9.17, 15) is 10.2 Å². The van der Waals surface area contributed by atoms with Gasteiger partial charge in [0.1, 0.15) is 12.4 Å². The first kappa shape index (κ1) is 16.3. The molecule has 1 aromatic rings. The summed E-state index contributed by atoms with van der Waals surface area (Å²) in [5, 5.41) is 20.6. The standard InChI is InChI=1S/C17H27NO3/c1-13(11-18)16(19)14-6-5-7-15(10-14)21-12-17(20)8-3-2-4-9-17/h5-7,10,13,16,19-20H,2-4,8-9,11-12,18H2,1H3/t13-,16-/m1/s1. The van der Waals surface area contributed by atoms with Gasteiger partial charge in [0.15, 0.2) is 0 Å². The van der Waals surface area contributed by atoms with Crippen molar-refractivity contribution in [2.24, 2.45) is 11.7 Å². The third kappa shape index (κ3) is 4.43. The van der Waals surface area contributed by atoms with Gasteiger partial charge in [0, 0.05) is 0 Å². The van der Waals surface area contributed by atoms with E-state index in [0.29, 0.717) is 18.9 Å². The van der Waals surface area contributed by atoms with Crippen LogP contribution in [0.4, 0.5) is 0 Å². The first-order chi connectivity index (χ1) is 10.0. The van der Waals surface area contributed by atoms with E-state index >= 15 is 0 Å². The van der Waals surface area contributed by atoms with Gasteiger partial charge < -0.3 is 20.7 Å². The van der Waals surface area contributed by atoms with E-state index in [2.05, 4.69) is 0 Å². The lowest BCUT2D eigenvalue weighted by atomic mass is 9.85. The number of hydrogen-bond acceptors (Lipinski definition) is 4. The fraction of sp³-hybridized carbons (Fsp3) is 0.647. The summed E-state index contributed by atoms with van der Waals surface area (Å²) in [6.45, 7) is 2.67. The average Bonchev–Trinajstić information content (AvgIpc) is 2.52. The zero-order valence-electron chi connectivity index (χ0n) is 12.8. The van der Waals surface area contributed by atoms with Crippen molar-refractivity contribution in [2.75, 3.05) is 13.2 Å². The second-order valence-electron chi connectivity index (χ2n) is 6.30. The van der Waals surface area contributed by atoms with Crippen molar-refractivity contribution in [3.8, 4) is 5.75 Å². The van der Waals surface area contributed by atoms with Gasteiger partial charge in [-0.25, -0.2) is 0 Å². The lowest BCUT2D eigenvalue weighted by molar-refractivity contribution is -0.0339. The monoisotopic (exact) mass is 293 g/mol. The molecule has 0 heterocycles. The molecule has 0 spiro atoms. The van der Waals surface area contributed by atoms with Crippen LogP contribution in [0.3, 0.4) is 0 Å². The largest absolute Gasteiger partial charge is 0.491 e. The van der Waals surface area contributed by atoms with Gasteiger partial charge >= 0.3 is 0 Å². The first-order valence-corrected chi connectivity index (χ1v) is 7.87. The summed E-state index contributed by atoms with van der Waals surface area (Å²) in [7, 11) is 0. The van der Waals surface area contributed by atoms with Gasteiger partial charge in [-0.1, -0.05) is 38.3 Å². The Morgan fingerprint density at radius 1 is 1.29 bits per heavy atom. The maximum Gasteiger partial charge on any atom is 0.119 e. The van der Waals surface area contributed by atoms with Crippen LogP contribution in [0, 0.1) is 5.92 Å². The Hall–Kier alpha value is -1.10. The maximum atomic E-state index is 10.4. The number of hydrogen-bond donors (Lipinski definition) is 3. The van der Waals surface area contributed by atoms with E-state index in [1.807, 2.05) is 31.2 Å². The van der Waals surface area contributed by atoms with Crippen LogP contribution in [0.1, 0.15) is 50.7 Å². The molecule has 0 unspecified atom stereocenters. The molecule has 0 radical (unpaired) electrons. The molecule has 1 fully saturated rings. The molecule has 1 saturated carbocycles. The Morgan fingerprint density at radius 3 is 2.67 bits per heavy atom. The van der Waals surface area contributed by atoms with Crippen LogP contribution in [-0.2, 0) is 0 Å². The third-order valence-electron chi connectivity index (χ3n) is 4.40. The molecule has 4 heteroatoms. The SMILES string of the molecule is C[C@H](CN)[C@@H](O)c1cccc(OCC2(O)CCCCC2)c1. The number of benzene rings is 1. The van der Waals surface area contributed by atoms with Crippen LogP contribution in [-0.4, -0.2) is 29.0 Å². The highest BCUT2D eigenvalue weighted by molar-refractivity contribution is 5.30. The van der Waals surface area contributed by atoms with E-state index in [0.717, 1.165) is 31.2 Å². The number of aliphatic hydroxyl groups excluding tert-OH is 1. The fourth-order valence-corrected chi connectivity index (χ4v) is 2.82. The Bertz CT molecular complexity index is 443. The molecule has 1 aromatic carbocycles. The van der Waals surface area contributed by atoms with Gasteiger partial charge in [-0.2, -0.15) is 0 Å². The van der Waals surface area contributed by atoms with Crippen molar-refractivity contribution in [2.45, 2.75) is 50.7 Å². The highest BCUT2D eigenvalue weighted by Gasteiger charge is 2.30. The molecule has 2 atom stereocenters. The van der Waals surface area contributed by atoms with Crippen molar-refractivity contribution >= 4 is 0 Å². The van der Waals surface area contributed by atoms with E-state index in [-0.39, 0.29) is 5.92 Å². The first-order valence-electron chi connectivity index (χ1n) is 7.87. The Kier molecular flexibility index (Phi) is 5.62. The molecule has 0 aliphatic heterocycles. The van der Waals surface area contributed by atoms with E-state index < -0.39 is 11.7 Å². The summed E-state index contributed by atoms with van der Waals surface area (Å²) >= 11 is 0. The number of nitrogens with two attached hydrogens (primary N) is 1. The Labute approximate surface area is 126 Å². The molecule has 2 rings (SSSR count). The number of aliphatic hydroxyl groups is 2. The summed E-state index contributed by atoms with van der Waals surface area (Å²) in [6.07, 6.45) is 4.34. The van der Waals surface area contributed by atoms with Crippen LogP contribution in [0.25, 0.3) is 0 Å². The number of rotatable bonds is 6. The number of ether oxygens (including phenoxy) is 1. The lowest BCUT2D eigenvalue weighted by Crippen LogP contribution is -2.37. The minimum atomic E-state index is -0.697. The molecule has 1 aliphatic rings. The zero-order chi connectivity index (χ0) is 15.3. The Morgan fingerprint density at radius 2 is 2.00 bits per heavy atom. The molecule has 21 heavy (non-hydrogen) atoms. The summed E-state index contributed by atoms with van der Waals surface area (Å²) in [6, 6.07) is 7.43. The minimum Gasteiger partial charge on any atom is -0.491 e. The summed E-state index contributed by atoms with van der Waals surface area (Å²) in [5.74, 6) is 0.692. The fourth-order valence-electron chi connectivity index (χ4n) is 2.82. The topological polar surface area (TPSA) is 75.7 Å². The van der Waals surface area contributed by atoms with Crippen molar-refractivity contribution < 1.29 is 14.9 Å². The van der Waals surface area contributed by atoms with E-state index in [1.165, 1.54) is 6.42 Å². The van der Waals surface area contributed by atoms with Crippen LogP contribution >= 0.6 is 0 Å². The van der Waals surface area contributed by atoms with Gasteiger partial charge in [-0.3, -0.25) is 0 Å². The summed E-state index contributed by atoms with van der Waals surface area (Å²) in [5.41, 5.74) is 5.71. The van der Waals surface area contributed by atoms with Crippen molar-refractivity contribution in [3.63, 3.8) is 0 Å². The van der Waals surface area contributed by atoms with Gasteiger partial charge in [-0.05, 0) is 43.0 Å². The second-order valence-corrected chi connectivity index (χ2v) is 6.30. The molecule has 118 valence electrons. The molecular weight excluding hydrogens is 266 g/mol. The zero-order valence-corrected chi connectivity index (χ0v) is 12.8. The van der Waals surface area contributed by atoms with Crippen molar-refractivity contribution in [1.82, 2.24) is 0 Å². The smallest absolute Gasteiger partial charge is 0.119 e. The van der Waals surface area contributed by atoms with Crippen LogP contribution in [0.5, 0.6) is 5.75 Å². The van der Waals surface area contributed by atoms with Gasteiger partial charge in [-0.15, -0.1) is 0 Å². The third-order valence-corrected chi connectivity index (χ3v) is 4.40. The Balaban J connectivity index is 1.97. The minimum absolute atomic E-state index is 0.00257. The van der Waals surface area contributed by atoms with E-state index in [4.69, 9.17) is 10.5 Å². The molecule has 0 saturated heterocycles. The molecule has 0 aromatic heterocycles. The highest BCUT2D eigenvalue weighted by Crippen LogP contribution is 2.30. The quantitative estimate of drug-likeness (QED) is 0.753. The average molecular weight is 293 g/mol. The molecular formula is C17H27NO3. The van der Waals surface area contributed by atoms with E-state index in [1.54, 1.807) is 0 Å². The predicted molar refractivity (Wildman–Crippen MR) is 83.2 cm³/mol. The molecule has 4 N–H and O–H groups in total. The van der Waals surface area contributed by atoms with Crippen molar-refractivity contribution in [1.29, 1.82) is 0 Å². The molecule has 0 bridgehead atoms. The molecule has 4 nitrogen and oxygen atoms in total. The van der Waals surface area contributed by atoms with Gasteiger partial charge in [0.2, 0.25) is 0 Å². The van der Waals surface area contributed by atoms with Crippen molar-refractivity contribution in [3.05, 3.63) is 29.8 Å². The van der Waals surface area contributed by atoms with Gasteiger partial charge in [0.25, 0.3) is 0 Å². The predicted octanol–water partition coefficient (Wildman–Crippen LogP) is 2.39. The van der Waals surface area contributed by atoms with Crippen LogP contribution < -0.4 is 10.5 Å². The summed E-state index contributed by atoms with van der Waals surface area (Å²) in [4.78, 5) is 0. The normalized spacial score (nSPS) is 20.8. The maximum absolute atomic E-state index is 10.4. The lowest BCUT2D eigenvalue weighted by Gasteiger charge is -2.31. The second kappa shape index (κ2) is 7.25. The van der Waals surface area contributed by atoms with Crippen LogP contribution in [0.15, 0.2) is 24.3 Å². The highest BCUT2D eigenvalue weighted by atomic mass is 16.5. The van der Waals surface area contributed by atoms with Crippen LogP contribution in [0.2, 0.25) is 0 Å². The summed E-state index contributed by atoms with van der Waals surface area (Å²) < 4.78 is 5.76. The molecule has 1 aliphatic carbocycles.